The Morgan fingerprint density at radius 3 is 2.31 bits per heavy atom. The summed E-state index contributed by atoms with van der Waals surface area (Å²) in [6.07, 6.45) is -8.13. The number of pyridine rings is 1. The molecule has 0 aliphatic heterocycles. The van der Waals surface area contributed by atoms with Gasteiger partial charge in [0, 0.05) is 17.3 Å². The lowest BCUT2D eigenvalue weighted by Crippen LogP contribution is -2.13. The predicted octanol–water partition coefficient (Wildman–Crippen LogP) is 3.18. The van der Waals surface area contributed by atoms with Crippen LogP contribution in [0, 0.1) is 0 Å². The first kappa shape index (κ1) is 13.1. The third kappa shape index (κ3) is 2.41. The molecule has 1 aromatic heterocycles. The highest BCUT2D eigenvalue weighted by Crippen LogP contribution is 2.39. The summed E-state index contributed by atoms with van der Waals surface area (Å²) in [5, 5.41) is 8.15. The van der Waals surface area contributed by atoms with E-state index < -0.39 is 41.1 Å². The van der Waals surface area contributed by atoms with Crippen LogP contribution in [0.15, 0.2) is 6.20 Å². The minimum absolute atomic E-state index is 0.225. The van der Waals surface area contributed by atoms with E-state index in [1.807, 2.05) is 0 Å². The molecule has 0 aromatic carbocycles. The van der Waals surface area contributed by atoms with Gasteiger partial charge in [0.2, 0.25) is 0 Å². The van der Waals surface area contributed by atoms with Gasteiger partial charge in [-0.3, -0.25) is 0 Å². The fourth-order valence-electron chi connectivity index (χ4n) is 1.17. The van der Waals surface area contributed by atoms with Crippen molar-refractivity contribution >= 4 is 11.6 Å². The molecule has 0 saturated carbocycles. The molecular formula is C8H5ClF5NO. The summed E-state index contributed by atoms with van der Waals surface area (Å²) in [5.74, 6) is 0. The van der Waals surface area contributed by atoms with Crippen molar-refractivity contribution in [1.82, 2.24) is 4.98 Å². The van der Waals surface area contributed by atoms with Gasteiger partial charge in [-0.1, -0.05) is 11.6 Å². The summed E-state index contributed by atoms with van der Waals surface area (Å²) in [4.78, 5) is 3.11. The Kier molecular flexibility index (Phi) is 3.69. The molecular weight excluding hydrogens is 257 g/mol. The molecule has 0 atom stereocenters. The number of aliphatic hydroxyl groups is 1. The molecule has 8 heteroatoms. The van der Waals surface area contributed by atoms with Crippen LogP contribution in [0.25, 0.3) is 0 Å². The van der Waals surface area contributed by atoms with Crippen LogP contribution in [0.1, 0.15) is 23.1 Å². The van der Waals surface area contributed by atoms with E-state index in [-0.39, 0.29) is 6.20 Å². The summed E-state index contributed by atoms with van der Waals surface area (Å²) >= 11 is 5.32. The lowest BCUT2D eigenvalue weighted by Gasteiger charge is -2.15. The number of rotatable bonds is 2. The van der Waals surface area contributed by atoms with Crippen molar-refractivity contribution < 1.29 is 27.1 Å². The summed E-state index contributed by atoms with van der Waals surface area (Å²) in [6.45, 7) is -1.03. The summed E-state index contributed by atoms with van der Waals surface area (Å²) in [7, 11) is 0. The fourth-order valence-corrected chi connectivity index (χ4v) is 1.38. The molecule has 0 aliphatic rings. The van der Waals surface area contributed by atoms with Gasteiger partial charge < -0.3 is 5.11 Å². The molecule has 1 heterocycles. The fraction of sp³-hybridized carbons (Fsp3) is 0.375. The standard InChI is InChI=1S/C8H5ClF5NO/c9-6-3(2-16)5(7(10)11)4(1-15-6)8(12,13)14/h1,7,16H,2H2. The van der Waals surface area contributed by atoms with Crippen LogP contribution in [0.4, 0.5) is 22.0 Å². The number of halogens is 6. The highest BCUT2D eigenvalue weighted by atomic mass is 35.5. The van der Waals surface area contributed by atoms with E-state index in [0.717, 1.165) is 0 Å². The second-order valence-electron chi connectivity index (χ2n) is 2.81. The van der Waals surface area contributed by atoms with Gasteiger partial charge in [-0.2, -0.15) is 13.2 Å². The van der Waals surface area contributed by atoms with E-state index in [1.165, 1.54) is 0 Å². The highest BCUT2D eigenvalue weighted by molar-refractivity contribution is 6.30. The Morgan fingerprint density at radius 1 is 1.38 bits per heavy atom. The smallest absolute Gasteiger partial charge is 0.392 e. The molecule has 0 spiro atoms. The molecule has 1 rings (SSSR count). The van der Waals surface area contributed by atoms with Crippen molar-refractivity contribution in [2.45, 2.75) is 19.2 Å². The third-order valence-electron chi connectivity index (χ3n) is 1.85. The van der Waals surface area contributed by atoms with Crippen molar-refractivity contribution in [1.29, 1.82) is 0 Å². The molecule has 16 heavy (non-hydrogen) atoms. The molecule has 1 N–H and O–H groups in total. The first-order chi connectivity index (χ1) is 7.29. The van der Waals surface area contributed by atoms with Crippen molar-refractivity contribution in [3.63, 3.8) is 0 Å². The van der Waals surface area contributed by atoms with Crippen LogP contribution >= 0.6 is 11.6 Å². The summed E-state index contributed by atoms with van der Waals surface area (Å²) < 4.78 is 62.1. The van der Waals surface area contributed by atoms with Crippen molar-refractivity contribution in [2.75, 3.05) is 0 Å². The van der Waals surface area contributed by atoms with Crippen LogP contribution in [-0.2, 0) is 12.8 Å². The zero-order valence-electron chi connectivity index (χ0n) is 7.52. The Morgan fingerprint density at radius 2 is 1.94 bits per heavy atom. The second-order valence-corrected chi connectivity index (χ2v) is 3.17. The number of hydrogen-bond donors (Lipinski definition) is 1. The molecule has 0 amide bonds. The third-order valence-corrected chi connectivity index (χ3v) is 2.18. The maximum Gasteiger partial charge on any atom is 0.418 e. The van der Waals surface area contributed by atoms with Crippen LogP contribution in [0.2, 0.25) is 5.15 Å². The highest BCUT2D eigenvalue weighted by Gasteiger charge is 2.38. The van der Waals surface area contributed by atoms with Crippen molar-refractivity contribution in [2.24, 2.45) is 0 Å². The molecule has 90 valence electrons. The van der Waals surface area contributed by atoms with Crippen molar-refractivity contribution in [3.8, 4) is 0 Å². The zero-order valence-corrected chi connectivity index (χ0v) is 8.28. The van der Waals surface area contributed by atoms with Gasteiger partial charge >= 0.3 is 6.18 Å². The van der Waals surface area contributed by atoms with E-state index in [2.05, 4.69) is 4.98 Å². The number of hydrogen-bond acceptors (Lipinski definition) is 2. The molecule has 1 aromatic rings. The minimum atomic E-state index is -4.97. The molecule has 0 aliphatic carbocycles. The average Bonchev–Trinajstić information content (AvgIpc) is 2.14. The van der Waals surface area contributed by atoms with Crippen molar-refractivity contribution in [3.05, 3.63) is 28.0 Å². The normalized spacial score (nSPS) is 12.2. The van der Waals surface area contributed by atoms with E-state index in [9.17, 15) is 22.0 Å². The number of alkyl halides is 5. The molecule has 0 bridgehead atoms. The first-order valence-corrected chi connectivity index (χ1v) is 4.30. The topological polar surface area (TPSA) is 33.1 Å². The number of nitrogens with zero attached hydrogens (tertiary/aromatic N) is 1. The second kappa shape index (κ2) is 4.50. The molecule has 0 unspecified atom stereocenters. The maximum atomic E-state index is 12.5. The van der Waals surface area contributed by atoms with Crippen LogP contribution < -0.4 is 0 Å². The summed E-state index contributed by atoms with van der Waals surface area (Å²) in [6, 6.07) is 0. The quantitative estimate of drug-likeness (QED) is 0.655. The molecule has 0 radical (unpaired) electrons. The number of aromatic nitrogens is 1. The van der Waals surface area contributed by atoms with Gasteiger partial charge in [-0.05, 0) is 0 Å². The lowest BCUT2D eigenvalue weighted by molar-refractivity contribution is -0.139. The Bertz CT molecular complexity index is 393. The van der Waals surface area contributed by atoms with Gasteiger partial charge in [0.1, 0.15) is 5.15 Å². The Labute approximate surface area is 91.7 Å². The van der Waals surface area contributed by atoms with E-state index in [0.29, 0.717) is 0 Å². The van der Waals surface area contributed by atoms with Crippen LogP contribution in [0.3, 0.4) is 0 Å². The largest absolute Gasteiger partial charge is 0.418 e. The van der Waals surface area contributed by atoms with Gasteiger partial charge in [0.25, 0.3) is 6.43 Å². The molecule has 2 nitrogen and oxygen atoms in total. The molecule has 0 saturated heterocycles. The maximum absolute atomic E-state index is 12.5. The van der Waals surface area contributed by atoms with Crippen LogP contribution in [0.5, 0.6) is 0 Å². The van der Waals surface area contributed by atoms with E-state index in [1.54, 1.807) is 0 Å². The Hall–Kier alpha value is -0.950. The minimum Gasteiger partial charge on any atom is -0.392 e. The predicted molar refractivity (Wildman–Crippen MR) is 45.1 cm³/mol. The van der Waals surface area contributed by atoms with Gasteiger partial charge in [0.15, 0.2) is 0 Å². The monoisotopic (exact) mass is 261 g/mol. The SMILES string of the molecule is OCc1c(Cl)ncc(C(F)(F)F)c1C(F)F. The average molecular weight is 262 g/mol. The summed E-state index contributed by atoms with van der Waals surface area (Å²) in [5.41, 5.74) is -3.61. The lowest BCUT2D eigenvalue weighted by atomic mass is 10.0. The Balaban J connectivity index is 3.52. The van der Waals surface area contributed by atoms with E-state index >= 15 is 0 Å². The van der Waals surface area contributed by atoms with E-state index in [4.69, 9.17) is 16.7 Å². The van der Waals surface area contributed by atoms with Crippen LogP contribution in [-0.4, -0.2) is 10.1 Å². The zero-order chi connectivity index (χ0) is 12.5. The van der Waals surface area contributed by atoms with Gasteiger partial charge in [-0.15, -0.1) is 0 Å². The van der Waals surface area contributed by atoms with Gasteiger partial charge in [0.05, 0.1) is 12.2 Å². The van der Waals surface area contributed by atoms with Gasteiger partial charge in [-0.25, -0.2) is 13.8 Å². The molecule has 0 fully saturated rings. The number of aliphatic hydroxyl groups excluding tert-OH is 1. The first-order valence-electron chi connectivity index (χ1n) is 3.92.